The number of carboxylic acids is 1. The van der Waals surface area contributed by atoms with Gasteiger partial charge in [-0.25, -0.2) is 4.98 Å². The third kappa shape index (κ3) is 12.8. The molecule has 3 unspecified atom stereocenters. The molecule has 0 saturated carbocycles. The number of hydrogen-bond acceptors (Lipinski definition) is 8. The standard InChI is InChI=1S/C43H58F3N5O6S/c1-7-27(4)37(49-39(54)34-15-11-12-20-50(34)6)41(55)51(24-30-13-9-8-10-14-30)35(26(2)3)23-36(52)40-48-33(25-58-40)38(53)47-32(21-28(5)42(56)57)22-29-16-18-31(19-17-29)43(44,45)46/h8-10,13-14,16-19,25-28,32,34-37,52H,7,11-12,15,20-24H2,1-6H3,(H,47,53)(H,49,54)(H,56,57)/t27?,28-,32+,34?,35+,36+,37?/m0/s1. The van der Waals surface area contributed by atoms with E-state index in [9.17, 15) is 42.6 Å². The van der Waals surface area contributed by atoms with Gasteiger partial charge in [0.1, 0.15) is 22.8 Å². The number of nitrogens with zero attached hydrogens (tertiary/aromatic N) is 3. The maximum absolute atomic E-state index is 14.8. The Labute approximate surface area is 343 Å². The maximum atomic E-state index is 14.8. The number of halogens is 3. The lowest BCUT2D eigenvalue weighted by atomic mass is 9.91. The van der Waals surface area contributed by atoms with Crippen LogP contribution in [0.1, 0.15) is 111 Å². The number of carbonyl (C=O) groups is 4. The van der Waals surface area contributed by atoms with Crippen molar-refractivity contribution < 1.29 is 42.6 Å². The zero-order valence-electron chi connectivity index (χ0n) is 34.2. The number of benzene rings is 2. The lowest BCUT2D eigenvalue weighted by Gasteiger charge is -2.40. The van der Waals surface area contributed by atoms with Crippen molar-refractivity contribution in [1.82, 2.24) is 25.4 Å². The fraction of sp³-hybridized carbons (Fsp3) is 0.558. The highest BCUT2D eigenvalue weighted by molar-refractivity contribution is 7.09. The number of amides is 3. The number of rotatable bonds is 19. The zero-order chi connectivity index (χ0) is 42.7. The van der Waals surface area contributed by atoms with Gasteiger partial charge in [0.2, 0.25) is 11.8 Å². The Morgan fingerprint density at radius 1 is 0.966 bits per heavy atom. The molecule has 15 heteroatoms. The fourth-order valence-electron chi connectivity index (χ4n) is 7.38. The fourth-order valence-corrected chi connectivity index (χ4v) is 8.18. The van der Waals surface area contributed by atoms with Crippen LogP contribution in [0.4, 0.5) is 13.2 Å². The molecule has 1 fully saturated rings. The van der Waals surface area contributed by atoms with Crippen molar-refractivity contribution in [3.05, 3.63) is 87.4 Å². The van der Waals surface area contributed by atoms with Gasteiger partial charge in [0, 0.05) is 30.4 Å². The van der Waals surface area contributed by atoms with Crippen LogP contribution < -0.4 is 10.6 Å². The van der Waals surface area contributed by atoms with Gasteiger partial charge in [-0.05, 0) is 74.4 Å². The predicted octanol–water partition coefficient (Wildman–Crippen LogP) is 7.11. The highest BCUT2D eigenvalue weighted by Gasteiger charge is 2.38. The Morgan fingerprint density at radius 2 is 1.64 bits per heavy atom. The van der Waals surface area contributed by atoms with Gasteiger partial charge in [0.15, 0.2) is 0 Å². The van der Waals surface area contributed by atoms with E-state index in [-0.39, 0.29) is 66.2 Å². The van der Waals surface area contributed by atoms with E-state index in [4.69, 9.17) is 0 Å². The molecular formula is C43H58F3N5O6S. The molecule has 1 saturated heterocycles. The molecule has 11 nitrogen and oxygen atoms in total. The summed E-state index contributed by atoms with van der Waals surface area (Å²) in [5.74, 6) is -3.29. The molecular weight excluding hydrogens is 772 g/mol. The largest absolute Gasteiger partial charge is 0.481 e. The monoisotopic (exact) mass is 829 g/mol. The van der Waals surface area contributed by atoms with Crippen LogP contribution in [0.15, 0.2) is 60.0 Å². The van der Waals surface area contributed by atoms with E-state index in [0.717, 1.165) is 48.4 Å². The van der Waals surface area contributed by atoms with Crippen LogP contribution in [0.3, 0.4) is 0 Å². The van der Waals surface area contributed by atoms with E-state index in [2.05, 4.69) is 15.6 Å². The molecule has 2 aromatic carbocycles. The molecule has 318 valence electrons. The Bertz CT molecular complexity index is 1810. The molecule has 4 N–H and O–H groups in total. The number of likely N-dealkylation sites (tertiary alicyclic amines) is 1. The van der Waals surface area contributed by atoms with Crippen molar-refractivity contribution >= 4 is 35.0 Å². The van der Waals surface area contributed by atoms with Gasteiger partial charge in [-0.15, -0.1) is 11.3 Å². The SMILES string of the molecule is CCC(C)C(NC(=O)C1CCCCN1C)C(=O)N(Cc1ccccc1)[C@H](C[C@@H](O)c1nc(C(=O)N[C@@H](Cc2ccc(C(F)(F)F)cc2)C[C@H](C)C(=O)O)cs1)C(C)C. The molecule has 2 heterocycles. The summed E-state index contributed by atoms with van der Waals surface area (Å²) in [4.78, 5) is 61.9. The van der Waals surface area contributed by atoms with Crippen LogP contribution >= 0.6 is 11.3 Å². The average molecular weight is 830 g/mol. The number of aromatic nitrogens is 1. The Kier molecular flexibility index (Phi) is 16.8. The number of carbonyl (C=O) groups excluding carboxylic acids is 3. The number of likely N-dealkylation sites (N-methyl/N-ethyl adjacent to an activating group) is 1. The molecule has 0 radical (unpaired) electrons. The van der Waals surface area contributed by atoms with Gasteiger partial charge in [-0.2, -0.15) is 13.2 Å². The second-order valence-electron chi connectivity index (χ2n) is 16.0. The number of aliphatic carboxylic acids is 1. The summed E-state index contributed by atoms with van der Waals surface area (Å²) in [6.45, 7) is 10.4. The highest BCUT2D eigenvalue weighted by Crippen LogP contribution is 2.31. The topological polar surface area (TPSA) is 152 Å². The number of alkyl halides is 3. The summed E-state index contributed by atoms with van der Waals surface area (Å²) >= 11 is 1.07. The van der Waals surface area contributed by atoms with Crippen LogP contribution in [-0.4, -0.2) is 86.4 Å². The third-order valence-electron chi connectivity index (χ3n) is 11.2. The van der Waals surface area contributed by atoms with Crippen LogP contribution in [-0.2, 0) is 33.5 Å². The van der Waals surface area contributed by atoms with E-state index >= 15 is 0 Å². The van der Waals surface area contributed by atoms with E-state index in [1.54, 1.807) is 4.90 Å². The van der Waals surface area contributed by atoms with Crippen molar-refractivity contribution in [3.8, 4) is 0 Å². The molecule has 1 aliphatic rings. The molecule has 0 bridgehead atoms. The zero-order valence-corrected chi connectivity index (χ0v) is 35.0. The lowest BCUT2D eigenvalue weighted by molar-refractivity contribution is -0.143. The smallest absolute Gasteiger partial charge is 0.416 e. The number of aliphatic hydroxyl groups is 1. The summed E-state index contributed by atoms with van der Waals surface area (Å²) in [6.07, 6.45) is -2.19. The summed E-state index contributed by atoms with van der Waals surface area (Å²) in [5, 5.41) is 28.9. The van der Waals surface area contributed by atoms with Crippen LogP contribution in [0.5, 0.6) is 0 Å². The second kappa shape index (κ2) is 21.1. The first kappa shape index (κ1) is 46.4. The first-order valence-electron chi connectivity index (χ1n) is 20.1. The maximum Gasteiger partial charge on any atom is 0.416 e. The predicted molar refractivity (Wildman–Crippen MR) is 217 cm³/mol. The van der Waals surface area contributed by atoms with Crippen molar-refractivity contribution in [1.29, 1.82) is 0 Å². The third-order valence-corrected chi connectivity index (χ3v) is 12.1. The molecule has 0 spiro atoms. The first-order chi connectivity index (χ1) is 27.4. The van der Waals surface area contributed by atoms with Gasteiger partial charge < -0.3 is 25.7 Å². The van der Waals surface area contributed by atoms with Crippen LogP contribution in [0, 0.1) is 17.8 Å². The van der Waals surface area contributed by atoms with Gasteiger partial charge >= 0.3 is 12.1 Å². The molecule has 58 heavy (non-hydrogen) atoms. The molecule has 1 aromatic heterocycles. The number of piperidine rings is 1. The van der Waals surface area contributed by atoms with Gasteiger partial charge in [-0.1, -0.05) is 89.9 Å². The van der Waals surface area contributed by atoms with Gasteiger partial charge in [-0.3, -0.25) is 24.1 Å². The lowest BCUT2D eigenvalue weighted by Crippen LogP contribution is -2.58. The average Bonchev–Trinajstić information content (AvgIpc) is 3.69. The van der Waals surface area contributed by atoms with Crippen LogP contribution in [0.25, 0.3) is 0 Å². The van der Waals surface area contributed by atoms with E-state index in [1.807, 2.05) is 70.0 Å². The minimum absolute atomic E-state index is 0.00927. The normalized spacial score (nSPS) is 18.1. The highest BCUT2D eigenvalue weighted by atomic mass is 32.1. The van der Waals surface area contributed by atoms with Gasteiger partial charge in [0.25, 0.3) is 5.91 Å². The van der Waals surface area contributed by atoms with Crippen molar-refractivity contribution in [2.24, 2.45) is 17.8 Å². The molecule has 0 aliphatic carbocycles. The summed E-state index contributed by atoms with van der Waals surface area (Å²) in [5.41, 5.74) is 0.538. The summed E-state index contributed by atoms with van der Waals surface area (Å²) in [7, 11) is 1.93. The number of hydrogen-bond donors (Lipinski definition) is 4. The van der Waals surface area contributed by atoms with Crippen molar-refractivity contribution in [2.75, 3.05) is 13.6 Å². The minimum Gasteiger partial charge on any atom is -0.481 e. The number of carboxylic acid groups (broad SMARTS) is 1. The number of nitrogens with one attached hydrogen (secondary N) is 2. The number of aliphatic hydroxyl groups excluding tert-OH is 1. The summed E-state index contributed by atoms with van der Waals surface area (Å²) < 4.78 is 39.4. The first-order valence-corrected chi connectivity index (χ1v) is 21.0. The Balaban J connectivity index is 1.56. The van der Waals surface area contributed by atoms with Crippen molar-refractivity contribution in [2.45, 2.75) is 123 Å². The molecule has 7 atom stereocenters. The summed E-state index contributed by atoms with van der Waals surface area (Å²) in [6, 6.07) is 11.6. The second-order valence-corrected chi connectivity index (χ2v) is 16.9. The molecule has 4 rings (SSSR count). The molecule has 3 aromatic rings. The Hall–Kier alpha value is -4.34. The van der Waals surface area contributed by atoms with E-state index in [1.165, 1.54) is 24.4 Å². The Morgan fingerprint density at radius 3 is 2.22 bits per heavy atom. The van der Waals surface area contributed by atoms with E-state index in [0.29, 0.717) is 18.4 Å². The molecule has 3 amide bonds. The van der Waals surface area contributed by atoms with E-state index < -0.39 is 53.8 Å². The number of thiazole rings is 1. The quantitative estimate of drug-likeness (QED) is 0.0999. The van der Waals surface area contributed by atoms with Crippen molar-refractivity contribution in [3.63, 3.8) is 0 Å². The molecule has 1 aliphatic heterocycles. The van der Waals surface area contributed by atoms with Crippen LogP contribution in [0.2, 0.25) is 0 Å². The van der Waals surface area contributed by atoms with Gasteiger partial charge in [0.05, 0.1) is 17.5 Å². The minimum atomic E-state index is -4.51.